The SMILES string of the molecule is CCNc1cc(-c2ccnn2-c2ccccc2)nc(C)n1. The summed E-state index contributed by atoms with van der Waals surface area (Å²) in [4.78, 5) is 8.92. The third kappa shape index (κ3) is 2.76. The summed E-state index contributed by atoms with van der Waals surface area (Å²) in [6.45, 7) is 4.77. The van der Waals surface area contributed by atoms with E-state index >= 15 is 0 Å². The maximum Gasteiger partial charge on any atom is 0.130 e. The Balaban J connectivity index is 2.08. The van der Waals surface area contributed by atoms with Crippen molar-refractivity contribution in [2.75, 3.05) is 11.9 Å². The Morgan fingerprint density at radius 2 is 1.90 bits per heavy atom. The van der Waals surface area contributed by atoms with Crippen LogP contribution < -0.4 is 5.32 Å². The molecule has 1 aromatic carbocycles. The quantitative estimate of drug-likeness (QED) is 0.797. The van der Waals surface area contributed by atoms with Crippen molar-refractivity contribution >= 4 is 5.82 Å². The Morgan fingerprint density at radius 3 is 2.67 bits per heavy atom. The second-order valence-electron chi connectivity index (χ2n) is 4.68. The Bertz CT molecular complexity index is 733. The molecule has 0 bridgehead atoms. The predicted octanol–water partition coefficient (Wildman–Crippen LogP) is 3.07. The van der Waals surface area contributed by atoms with Crippen LogP contribution in [-0.4, -0.2) is 26.3 Å². The molecule has 0 aliphatic heterocycles. The summed E-state index contributed by atoms with van der Waals surface area (Å²) in [5, 5.41) is 7.63. The molecule has 0 aliphatic carbocycles. The molecule has 0 fully saturated rings. The fourth-order valence-electron chi connectivity index (χ4n) is 2.24. The topological polar surface area (TPSA) is 55.6 Å². The van der Waals surface area contributed by atoms with Crippen molar-refractivity contribution in [2.45, 2.75) is 13.8 Å². The van der Waals surface area contributed by atoms with E-state index in [0.717, 1.165) is 35.3 Å². The summed E-state index contributed by atoms with van der Waals surface area (Å²) in [7, 11) is 0. The lowest BCUT2D eigenvalue weighted by Crippen LogP contribution is -2.04. The Kier molecular flexibility index (Phi) is 3.64. The van der Waals surface area contributed by atoms with Crippen LogP contribution >= 0.6 is 0 Å². The zero-order valence-electron chi connectivity index (χ0n) is 12.1. The lowest BCUT2D eigenvalue weighted by Gasteiger charge is -2.09. The van der Waals surface area contributed by atoms with Gasteiger partial charge in [-0.2, -0.15) is 5.10 Å². The highest BCUT2D eigenvalue weighted by Gasteiger charge is 2.10. The number of benzene rings is 1. The van der Waals surface area contributed by atoms with E-state index in [4.69, 9.17) is 0 Å². The first-order valence-electron chi connectivity index (χ1n) is 6.97. The molecule has 1 N–H and O–H groups in total. The summed E-state index contributed by atoms with van der Waals surface area (Å²) in [6.07, 6.45) is 1.78. The first-order valence-corrected chi connectivity index (χ1v) is 6.97. The molecule has 21 heavy (non-hydrogen) atoms. The lowest BCUT2D eigenvalue weighted by molar-refractivity contribution is 0.880. The fourth-order valence-corrected chi connectivity index (χ4v) is 2.24. The summed E-state index contributed by atoms with van der Waals surface area (Å²) < 4.78 is 1.89. The van der Waals surface area contributed by atoms with Gasteiger partial charge in [-0.1, -0.05) is 18.2 Å². The molecule has 0 amide bonds. The molecular weight excluding hydrogens is 262 g/mol. The van der Waals surface area contributed by atoms with E-state index in [2.05, 4.69) is 20.4 Å². The van der Waals surface area contributed by atoms with E-state index < -0.39 is 0 Å². The Morgan fingerprint density at radius 1 is 1.10 bits per heavy atom. The van der Waals surface area contributed by atoms with Gasteiger partial charge >= 0.3 is 0 Å². The van der Waals surface area contributed by atoms with E-state index in [-0.39, 0.29) is 0 Å². The summed E-state index contributed by atoms with van der Waals surface area (Å²) in [6, 6.07) is 13.9. The standard InChI is InChI=1S/C16H17N5/c1-3-17-16-11-14(19-12(2)20-16)15-9-10-18-21(15)13-7-5-4-6-8-13/h4-11H,3H2,1-2H3,(H,17,19,20). The van der Waals surface area contributed by atoms with Crippen LogP contribution in [0.2, 0.25) is 0 Å². The van der Waals surface area contributed by atoms with Gasteiger partial charge in [-0.15, -0.1) is 0 Å². The first-order chi connectivity index (χ1) is 10.3. The van der Waals surface area contributed by atoms with E-state index in [9.17, 15) is 0 Å². The molecule has 0 aliphatic rings. The molecule has 106 valence electrons. The van der Waals surface area contributed by atoms with Crippen molar-refractivity contribution in [3.05, 3.63) is 54.5 Å². The highest BCUT2D eigenvalue weighted by molar-refractivity contribution is 5.61. The van der Waals surface area contributed by atoms with E-state index in [1.807, 2.05) is 61.0 Å². The smallest absolute Gasteiger partial charge is 0.130 e. The molecule has 3 aromatic rings. The molecule has 0 saturated heterocycles. The number of anilines is 1. The van der Waals surface area contributed by atoms with Crippen LogP contribution in [0.5, 0.6) is 0 Å². The largest absolute Gasteiger partial charge is 0.370 e. The van der Waals surface area contributed by atoms with Crippen molar-refractivity contribution in [1.82, 2.24) is 19.7 Å². The maximum absolute atomic E-state index is 4.53. The molecule has 0 spiro atoms. The van der Waals surface area contributed by atoms with Gasteiger partial charge in [0, 0.05) is 12.6 Å². The number of para-hydroxylation sites is 1. The number of hydrogen-bond donors (Lipinski definition) is 1. The molecule has 2 heterocycles. The third-order valence-corrected chi connectivity index (χ3v) is 3.10. The number of hydrogen-bond acceptors (Lipinski definition) is 4. The Labute approximate surface area is 123 Å². The number of aromatic nitrogens is 4. The van der Waals surface area contributed by atoms with Gasteiger partial charge < -0.3 is 5.32 Å². The summed E-state index contributed by atoms with van der Waals surface area (Å²) >= 11 is 0. The number of rotatable bonds is 4. The van der Waals surface area contributed by atoms with Crippen molar-refractivity contribution in [3.63, 3.8) is 0 Å². The fraction of sp³-hybridized carbons (Fsp3) is 0.188. The first kappa shape index (κ1) is 13.3. The van der Waals surface area contributed by atoms with Gasteiger partial charge in [-0.3, -0.25) is 0 Å². The van der Waals surface area contributed by atoms with Gasteiger partial charge in [0.05, 0.1) is 23.3 Å². The number of nitrogens with zero attached hydrogens (tertiary/aromatic N) is 4. The monoisotopic (exact) mass is 279 g/mol. The second kappa shape index (κ2) is 5.75. The average Bonchev–Trinajstić information content (AvgIpc) is 2.97. The summed E-state index contributed by atoms with van der Waals surface area (Å²) in [5.41, 5.74) is 2.82. The van der Waals surface area contributed by atoms with Crippen molar-refractivity contribution in [1.29, 1.82) is 0 Å². The molecule has 0 unspecified atom stereocenters. The van der Waals surface area contributed by atoms with Gasteiger partial charge in [0.1, 0.15) is 11.6 Å². The van der Waals surface area contributed by atoms with Crippen LogP contribution in [0.15, 0.2) is 48.7 Å². The van der Waals surface area contributed by atoms with E-state index in [1.165, 1.54) is 0 Å². The zero-order valence-corrected chi connectivity index (χ0v) is 12.1. The number of aryl methyl sites for hydroxylation is 1. The van der Waals surface area contributed by atoms with Crippen LogP contribution in [0.3, 0.4) is 0 Å². The van der Waals surface area contributed by atoms with Crippen molar-refractivity contribution in [3.8, 4) is 17.1 Å². The number of nitrogens with one attached hydrogen (secondary N) is 1. The molecule has 2 aromatic heterocycles. The lowest BCUT2D eigenvalue weighted by atomic mass is 10.2. The van der Waals surface area contributed by atoms with Crippen LogP contribution in [0.1, 0.15) is 12.7 Å². The minimum absolute atomic E-state index is 0.740. The van der Waals surface area contributed by atoms with Crippen molar-refractivity contribution < 1.29 is 0 Å². The molecule has 0 saturated carbocycles. The molecule has 0 radical (unpaired) electrons. The summed E-state index contributed by atoms with van der Waals surface area (Å²) in [5.74, 6) is 1.57. The van der Waals surface area contributed by atoms with Gasteiger partial charge in [-0.25, -0.2) is 14.6 Å². The highest BCUT2D eigenvalue weighted by Crippen LogP contribution is 2.22. The van der Waals surface area contributed by atoms with E-state index in [1.54, 1.807) is 6.20 Å². The van der Waals surface area contributed by atoms with Crippen LogP contribution in [0, 0.1) is 6.92 Å². The molecule has 5 heteroatoms. The third-order valence-electron chi connectivity index (χ3n) is 3.10. The molecule has 3 rings (SSSR count). The van der Waals surface area contributed by atoms with E-state index in [0.29, 0.717) is 0 Å². The Hall–Kier alpha value is -2.69. The van der Waals surface area contributed by atoms with Gasteiger partial charge in [0.25, 0.3) is 0 Å². The minimum atomic E-state index is 0.740. The van der Waals surface area contributed by atoms with Gasteiger partial charge in [-0.05, 0) is 32.0 Å². The zero-order chi connectivity index (χ0) is 14.7. The van der Waals surface area contributed by atoms with Gasteiger partial charge in [0.15, 0.2) is 0 Å². The van der Waals surface area contributed by atoms with Crippen molar-refractivity contribution in [2.24, 2.45) is 0 Å². The molecular formula is C16H17N5. The maximum atomic E-state index is 4.53. The van der Waals surface area contributed by atoms with Crippen LogP contribution in [0.4, 0.5) is 5.82 Å². The predicted molar refractivity (Wildman–Crippen MR) is 83.5 cm³/mol. The average molecular weight is 279 g/mol. The molecule has 0 atom stereocenters. The van der Waals surface area contributed by atoms with Gasteiger partial charge in [0.2, 0.25) is 0 Å². The second-order valence-corrected chi connectivity index (χ2v) is 4.68. The minimum Gasteiger partial charge on any atom is -0.370 e. The normalized spacial score (nSPS) is 10.6. The molecule has 5 nitrogen and oxygen atoms in total. The van der Waals surface area contributed by atoms with Crippen LogP contribution in [-0.2, 0) is 0 Å². The van der Waals surface area contributed by atoms with Crippen LogP contribution in [0.25, 0.3) is 17.1 Å². The highest BCUT2D eigenvalue weighted by atomic mass is 15.3.